The van der Waals surface area contributed by atoms with Crippen LogP contribution in [0.15, 0.2) is 45.3 Å². The highest BCUT2D eigenvalue weighted by molar-refractivity contribution is 9.10. The quantitative estimate of drug-likeness (QED) is 0.498. The first-order valence-corrected chi connectivity index (χ1v) is 7.67. The molecule has 0 spiro atoms. The highest BCUT2D eigenvalue weighted by Crippen LogP contribution is 2.14. The number of amides is 2. The Morgan fingerprint density at radius 2 is 1.90 bits per heavy atom. The molecule has 0 atom stereocenters. The average molecular weight is 366 g/mol. The first-order valence-electron chi connectivity index (χ1n) is 6.00. The maximum absolute atomic E-state index is 11.7. The zero-order valence-corrected chi connectivity index (χ0v) is 13.5. The van der Waals surface area contributed by atoms with Crippen LogP contribution in [0.4, 0.5) is 5.69 Å². The molecule has 1 aromatic heterocycles. The normalized spacial score (nSPS) is 10.6. The van der Waals surface area contributed by atoms with Crippen LogP contribution >= 0.6 is 27.3 Å². The number of benzene rings is 1. The molecule has 2 aromatic rings. The molecule has 108 valence electrons. The Bertz CT molecular complexity index is 680. The van der Waals surface area contributed by atoms with Crippen molar-refractivity contribution in [3.05, 3.63) is 50.6 Å². The summed E-state index contributed by atoms with van der Waals surface area (Å²) < 4.78 is 0.890. The lowest BCUT2D eigenvalue weighted by atomic mass is 10.3. The molecule has 0 saturated carbocycles. The highest BCUT2D eigenvalue weighted by atomic mass is 79.9. The van der Waals surface area contributed by atoms with Crippen molar-refractivity contribution in [2.24, 2.45) is 5.10 Å². The summed E-state index contributed by atoms with van der Waals surface area (Å²) in [4.78, 5) is 24.2. The Hall–Kier alpha value is -1.99. The fourth-order valence-corrected chi connectivity index (χ4v) is 2.49. The van der Waals surface area contributed by atoms with Gasteiger partial charge in [0.25, 0.3) is 0 Å². The Labute approximate surface area is 134 Å². The Morgan fingerprint density at radius 3 is 2.52 bits per heavy atom. The van der Waals surface area contributed by atoms with E-state index in [-0.39, 0.29) is 0 Å². The van der Waals surface area contributed by atoms with Gasteiger partial charge in [-0.1, -0.05) is 15.9 Å². The van der Waals surface area contributed by atoms with E-state index in [0.29, 0.717) is 5.69 Å². The third kappa shape index (κ3) is 4.51. The monoisotopic (exact) mass is 365 g/mol. The van der Waals surface area contributed by atoms with E-state index in [0.717, 1.165) is 14.9 Å². The number of rotatable bonds is 3. The molecule has 2 N–H and O–H groups in total. The summed E-state index contributed by atoms with van der Waals surface area (Å²) in [6.07, 6.45) is 1.52. The number of hydrogen-bond acceptors (Lipinski definition) is 4. The average Bonchev–Trinajstić information content (AvgIpc) is 2.87. The topological polar surface area (TPSA) is 70.6 Å². The van der Waals surface area contributed by atoms with Crippen LogP contribution in [0.3, 0.4) is 0 Å². The van der Waals surface area contributed by atoms with Gasteiger partial charge in [0.1, 0.15) is 0 Å². The van der Waals surface area contributed by atoms with E-state index in [1.165, 1.54) is 17.6 Å². The molecule has 0 unspecified atom stereocenters. The smallest absolute Gasteiger partial charge is 0.318 e. The van der Waals surface area contributed by atoms with Crippen molar-refractivity contribution in [1.82, 2.24) is 5.43 Å². The summed E-state index contributed by atoms with van der Waals surface area (Å²) in [5.41, 5.74) is 3.80. The van der Waals surface area contributed by atoms with Crippen LogP contribution in [-0.4, -0.2) is 18.0 Å². The number of nitrogens with one attached hydrogen (secondary N) is 2. The standard InChI is InChI=1S/C14H12BrN3O2S/c1-9-6-7-21-12(9)8-16-18-14(20)13(19)17-11-4-2-10(15)3-5-11/h2-8H,1H3,(H,17,19)(H,18,20)/b16-8-. The van der Waals surface area contributed by atoms with Crippen LogP contribution in [0.5, 0.6) is 0 Å². The predicted octanol–water partition coefficient (Wildman–Crippen LogP) is 2.91. The fraction of sp³-hybridized carbons (Fsp3) is 0.0714. The van der Waals surface area contributed by atoms with E-state index in [4.69, 9.17) is 0 Å². The SMILES string of the molecule is Cc1ccsc1/C=N\NC(=O)C(=O)Nc1ccc(Br)cc1. The molecule has 0 radical (unpaired) electrons. The molecule has 0 aliphatic rings. The second kappa shape index (κ2) is 7.14. The first-order chi connectivity index (χ1) is 10.1. The predicted molar refractivity (Wildman–Crippen MR) is 87.6 cm³/mol. The van der Waals surface area contributed by atoms with Gasteiger partial charge in [-0.05, 0) is 48.2 Å². The van der Waals surface area contributed by atoms with Gasteiger partial charge in [-0.15, -0.1) is 11.3 Å². The van der Waals surface area contributed by atoms with Crippen LogP contribution in [-0.2, 0) is 9.59 Å². The highest BCUT2D eigenvalue weighted by Gasteiger charge is 2.12. The lowest BCUT2D eigenvalue weighted by Gasteiger charge is -2.03. The minimum atomic E-state index is -0.816. The molecule has 1 heterocycles. The van der Waals surface area contributed by atoms with Crippen molar-refractivity contribution in [1.29, 1.82) is 0 Å². The number of nitrogens with zero attached hydrogens (tertiary/aromatic N) is 1. The van der Waals surface area contributed by atoms with E-state index in [1.807, 2.05) is 18.4 Å². The zero-order valence-electron chi connectivity index (χ0n) is 11.1. The molecule has 0 aliphatic carbocycles. The molecule has 0 aliphatic heterocycles. The third-order valence-electron chi connectivity index (χ3n) is 2.56. The molecular weight excluding hydrogens is 354 g/mol. The number of carbonyl (C=O) groups excluding carboxylic acids is 2. The number of halogens is 1. The van der Waals surface area contributed by atoms with Crippen LogP contribution in [0.1, 0.15) is 10.4 Å². The van der Waals surface area contributed by atoms with Gasteiger partial charge in [0.05, 0.1) is 6.21 Å². The van der Waals surface area contributed by atoms with Gasteiger partial charge in [0.15, 0.2) is 0 Å². The van der Waals surface area contributed by atoms with Crippen molar-refractivity contribution in [3.63, 3.8) is 0 Å². The van der Waals surface area contributed by atoms with Crippen LogP contribution in [0, 0.1) is 6.92 Å². The third-order valence-corrected chi connectivity index (χ3v) is 4.04. The summed E-state index contributed by atoms with van der Waals surface area (Å²) in [5.74, 6) is -1.58. The zero-order chi connectivity index (χ0) is 15.2. The maximum Gasteiger partial charge on any atom is 0.329 e. The van der Waals surface area contributed by atoms with E-state index >= 15 is 0 Å². The lowest BCUT2D eigenvalue weighted by molar-refractivity contribution is -0.136. The van der Waals surface area contributed by atoms with Gasteiger partial charge in [-0.3, -0.25) is 9.59 Å². The van der Waals surface area contributed by atoms with Gasteiger partial charge >= 0.3 is 11.8 Å². The van der Waals surface area contributed by atoms with Crippen molar-refractivity contribution < 1.29 is 9.59 Å². The van der Waals surface area contributed by atoms with Crippen molar-refractivity contribution in [3.8, 4) is 0 Å². The number of aryl methyl sites for hydroxylation is 1. The summed E-state index contributed by atoms with van der Waals surface area (Å²) in [6.45, 7) is 1.94. The summed E-state index contributed by atoms with van der Waals surface area (Å²) in [7, 11) is 0. The van der Waals surface area contributed by atoms with Gasteiger partial charge in [-0.2, -0.15) is 5.10 Å². The Kier molecular flexibility index (Phi) is 5.24. The van der Waals surface area contributed by atoms with Crippen LogP contribution in [0.2, 0.25) is 0 Å². The number of hydrazone groups is 1. The summed E-state index contributed by atoms with van der Waals surface area (Å²) in [6, 6.07) is 8.87. The van der Waals surface area contributed by atoms with Crippen LogP contribution < -0.4 is 10.7 Å². The van der Waals surface area contributed by atoms with Crippen molar-refractivity contribution in [2.45, 2.75) is 6.92 Å². The van der Waals surface area contributed by atoms with Crippen molar-refractivity contribution in [2.75, 3.05) is 5.32 Å². The second-order valence-electron chi connectivity index (χ2n) is 4.13. The molecule has 2 amide bonds. The van der Waals surface area contributed by atoms with E-state index < -0.39 is 11.8 Å². The van der Waals surface area contributed by atoms with Gasteiger partial charge in [-0.25, -0.2) is 5.43 Å². The molecule has 5 nitrogen and oxygen atoms in total. The Morgan fingerprint density at radius 1 is 1.19 bits per heavy atom. The largest absolute Gasteiger partial charge is 0.329 e. The number of thiophene rings is 1. The molecular formula is C14H12BrN3O2S. The van der Waals surface area contributed by atoms with Crippen molar-refractivity contribution >= 4 is 51.0 Å². The molecule has 0 bridgehead atoms. The molecule has 21 heavy (non-hydrogen) atoms. The summed E-state index contributed by atoms with van der Waals surface area (Å²) in [5, 5.41) is 8.18. The second-order valence-corrected chi connectivity index (χ2v) is 5.99. The number of carbonyl (C=O) groups is 2. The number of anilines is 1. The van der Waals surface area contributed by atoms with E-state index in [2.05, 4.69) is 31.8 Å². The van der Waals surface area contributed by atoms with E-state index in [9.17, 15) is 9.59 Å². The van der Waals surface area contributed by atoms with Gasteiger partial charge in [0.2, 0.25) is 0 Å². The molecule has 2 rings (SSSR count). The van der Waals surface area contributed by atoms with Gasteiger partial charge < -0.3 is 5.32 Å². The molecule has 1 aromatic carbocycles. The minimum absolute atomic E-state index is 0.538. The lowest BCUT2D eigenvalue weighted by Crippen LogP contribution is -2.32. The Balaban J connectivity index is 1.88. The van der Waals surface area contributed by atoms with Gasteiger partial charge in [0, 0.05) is 15.0 Å². The summed E-state index contributed by atoms with van der Waals surface area (Å²) >= 11 is 4.80. The van der Waals surface area contributed by atoms with E-state index in [1.54, 1.807) is 24.3 Å². The fourth-order valence-electron chi connectivity index (χ4n) is 1.44. The number of hydrogen-bond donors (Lipinski definition) is 2. The molecule has 7 heteroatoms. The van der Waals surface area contributed by atoms with Crippen LogP contribution in [0.25, 0.3) is 0 Å². The molecule has 0 fully saturated rings. The minimum Gasteiger partial charge on any atom is -0.318 e. The molecule has 0 saturated heterocycles. The maximum atomic E-state index is 11.7. The first kappa shape index (κ1) is 15.4.